The van der Waals surface area contributed by atoms with Gasteiger partial charge >= 0.3 is 0 Å². The van der Waals surface area contributed by atoms with Crippen molar-refractivity contribution in [3.05, 3.63) is 42.0 Å². The molecule has 1 aliphatic heterocycles. The van der Waals surface area contributed by atoms with E-state index in [4.69, 9.17) is 14.2 Å². The first-order valence-corrected chi connectivity index (χ1v) is 7.96. The van der Waals surface area contributed by atoms with Crippen molar-refractivity contribution in [1.82, 2.24) is 10.2 Å². The number of fused-ring (bicyclic) bond motifs is 2. The van der Waals surface area contributed by atoms with E-state index in [1.807, 2.05) is 18.2 Å². The molecule has 2 aromatic carbocycles. The quantitative estimate of drug-likeness (QED) is 0.708. The Morgan fingerprint density at radius 2 is 2.15 bits per heavy atom. The number of hydrogen-bond acceptors (Lipinski definition) is 5. The van der Waals surface area contributed by atoms with Gasteiger partial charge in [-0.05, 0) is 43.3 Å². The molecule has 0 saturated heterocycles. The minimum Gasteiger partial charge on any atom is -0.481 e. The monoisotopic (exact) mass is 349 g/mol. The van der Waals surface area contributed by atoms with E-state index in [1.165, 1.54) is 0 Å². The predicted molar refractivity (Wildman–Crippen MR) is 95.6 cm³/mol. The maximum Gasteiger partial charge on any atom is 0.257 e. The zero-order valence-corrected chi connectivity index (χ0v) is 14.0. The fourth-order valence-corrected chi connectivity index (χ4v) is 2.59. The van der Waals surface area contributed by atoms with Crippen LogP contribution in [0.25, 0.3) is 10.9 Å². The molecule has 0 atom stereocenters. The van der Waals surface area contributed by atoms with Gasteiger partial charge in [0.05, 0.1) is 5.52 Å². The Morgan fingerprint density at radius 1 is 1.27 bits per heavy atom. The van der Waals surface area contributed by atoms with Crippen LogP contribution in [0.1, 0.15) is 17.3 Å². The van der Waals surface area contributed by atoms with Crippen molar-refractivity contribution < 1.29 is 19.0 Å². The summed E-state index contributed by atoms with van der Waals surface area (Å²) in [4.78, 5) is 12.5. The Kier molecular flexibility index (Phi) is 4.07. The van der Waals surface area contributed by atoms with Gasteiger partial charge in [0.25, 0.3) is 5.91 Å². The number of carbonyl (C=O) groups excluding carboxylic acids is 1. The number of rotatable bonds is 4. The molecule has 0 fully saturated rings. The fourth-order valence-electron chi connectivity index (χ4n) is 2.59. The van der Waals surface area contributed by atoms with Crippen molar-refractivity contribution in [3.63, 3.8) is 0 Å². The van der Waals surface area contributed by atoms with Crippen LogP contribution in [0.3, 0.4) is 0 Å². The van der Waals surface area contributed by atoms with E-state index in [1.54, 1.807) is 25.1 Å². The summed E-state index contributed by atoms with van der Waals surface area (Å²) in [6.07, 6.45) is 0. The number of nitrogens with zero attached hydrogens (tertiary/aromatic N) is 1. The van der Waals surface area contributed by atoms with Crippen LogP contribution in [0.15, 0.2) is 36.4 Å². The standard InChI is InChI=1S/C19H15N3O4/c1-2-3-8-24-13-5-6-15-14(10-13)18(22-21-15)20-19(23)12-4-7-16-17(9-12)26-11-25-16/h4-7,9-10H,8,11H2,1H3,(H2,20,21,22,23). The number of benzene rings is 2. The van der Waals surface area contributed by atoms with Gasteiger partial charge in [0.1, 0.15) is 12.4 Å². The zero-order chi connectivity index (χ0) is 17.9. The molecule has 2 N–H and O–H groups in total. The minimum atomic E-state index is -0.292. The molecule has 130 valence electrons. The number of aromatic amines is 1. The molecule has 7 heteroatoms. The average molecular weight is 349 g/mol. The number of aromatic nitrogens is 2. The summed E-state index contributed by atoms with van der Waals surface area (Å²) in [5.74, 6) is 7.58. The van der Waals surface area contributed by atoms with E-state index < -0.39 is 0 Å². The van der Waals surface area contributed by atoms with Crippen LogP contribution >= 0.6 is 0 Å². The molecule has 1 aliphatic rings. The average Bonchev–Trinajstić information content (AvgIpc) is 3.28. The van der Waals surface area contributed by atoms with Gasteiger partial charge in [0, 0.05) is 10.9 Å². The smallest absolute Gasteiger partial charge is 0.257 e. The van der Waals surface area contributed by atoms with Crippen LogP contribution in [0, 0.1) is 11.8 Å². The van der Waals surface area contributed by atoms with Crippen LogP contribution in [-0.4, -0.2) is 29.5 Å². The van der Waals surface area contributed by atoms with Gasteiger partial charge in [-0.3, -0.25) is 9.89 Å². The third-order valence-corrected chi connectivity index (χ3v) is 3.89. The Bertz CT molecular complexity index is 1050. The number of ether oxygens (including phenoxy) is 3. The normalized spacial score (nSPS) is 11.7. The maximum atomic E-state index is 12.5. The fraction of sp³-hybridized carbons (Fsp3) is 0.158. The van der Waals surface area contributed by atoms with Crippen molar-refractivity contribution in [2.24, 2.45) is 0 Å². The van der Waals surface area contributed by atoms with Crippen molar-refractivity contribution >= 4 is 22.6 Å². The molecule has 1 aromatic heterocycles. The second kappa shape index (κ2) is 6.69. The molecule has 3 aromatic rings. The van der Waals surface area contributed by atoms with Gasteiger partial charge in [-0.2, -0.15) is 5.10 Å². The predicted octanol–water partition coefficient (Wildman–Crippen LogP) is 2.95. The van der Waals surface area contributed by atoms with Gasteiger partial charge in [-0.15, -0.1) is 5.92 Å². The molecule has 0 spiro atoms. The molecular formula is C19H15N3O4. The Labute approximate surface area is 149 Å². The second-order valence-electron chi connectivity index (χ2n) is 5.52. The van der Waals surface area contributed by atoms with Crippen LogP contribution in [-0.2, 0) is 0 Å². The van der Waals surface area contributed by atoms with Gasteiger partial charge < -0.3 is 19.5 Å². The highest BCUT2D eigenvalue weighted by Crippen LogP contribution is 2.33. The SMILES string of the molecule is CC#CCOc1ccc2[nH]nc(NC(=O)c3ccc4c(c3)OCO4)c2c1. The summed E-state index contributed by atoms with van der Waals surface area (Å²) in [6.45, 7) is 2.22. The van der Waals surface area contributed by atoms with Crippen LogP contribution in [0.2, 0.25) is 0 Å². The van der Waals surface area contributed by atoms with Crippen LogP contribution < -0.4 is 19.5 Å². The van der Waals surface area contributed by atoms with Crippen molar-refractivity contribution in [3.8, 4) is 29.1 Å². The van der Waals surface area contributed by atoms with E-state index in [0.29, 0.717) is 35.2 Å². The van der Waals surface area contributed by atoms with E-state index in [0.717, 1.165) is 10.9 Å². The molecular weight excluding hydrogens is 334 g/mol. The lowest BCUT2D eigenvalue weighted by molar-refractivity contribution is 0.102. The van der Waals surface area contributed by atoms with E-state index in [9.17, 15) is 4.79 Å². The van der Waals surface area contributed by atoms with Crippen molar-refractivity contribution in [2.75, 3.05) is 18.7 Å². The molecule has 0 radical (unpaired) electrons. The topological polar surface area (TPSA) is 85.5 Å². The van der Waals surface area contributed by atoms with Crippen molar-refractivity contribution in [1.29, 1.82) is 0 Å². The Morgan fingerprint density at radius 3 is 3.04 bits per heavy atom. The summed E-state index contributed by atoms with van der Waals surface area (Å²) in [7, 11) is 0. The lowest BCUT2D eigenvalue weighted by Gasteiger charge is -2.05. The molecule has 4 rings (SSSR count). The summed E-state index contributed by atoms with van der Waals surface area (Å²) in [5.41, 5.74) is 1.25. The maximum absolute atomic E-state index is 12.5. The lowest BCUT2D eigenvalue weighted by atomic mass is 10.2. The Hall–Kier alpha value is -3.66. The van der Waals surface area contributed by atoms with Crippen LogP contribution in [0.5, 0.6) is 17.2 Å². The molecule has 7 nitrogen and oxygen atoms in total. The molecule has 0 unspecified atom stereocenters. The summed E-state index contributed by atoms with van der Waals surface area (Å²) in [5, 5.41) is 10.6. The first kappa shape index (κ1) is 15.8. The molecule has 1 amide bonds. The van der Waals surface area contributed by atoms with Gasteiger partial charge in [0.15, 0.2) is 17.3 Å². The molecule has 2 heterocycles. The third-order valence-electron chi connectivity index (χ3n) is 3.89. The number of hydrogen-bond donors (Lipinski definition) is 2. The van der Waals surface area contributed by atoms with E-state index >= 15 is 0 Å². The van der Waals surface area contributed by atoms with Gasteiger partial charge in [-0.25, -0.2) is 0 Å². The highest BCUT2D eigenvalue weighted by Gasteiger charge is 2.17. The number of amides is 1. The zero-order valence-electron chi connectivity index (χ0n) is 14.0. The molecule has 0 bridgehead atoms. The summed E-state index contributed by atoms with van der Waals surface area (Å²) in [6, 6.07) is 10.5. The number of carbonyl (C=O) groups is 1. The molecule has 0 aliphatic carbocycles. The highest BCUT2D eigenvalue weighted by molar-refractivity contribution is 6.08. The van der Waals surface area contributed by atoms with Gasteiger partial charge in [0.2, 0.25) is 6.79 Å². The van der Waals surface area contributed by atoms with E-state index in [-0.39, 0.29) is 12.7 Å². The third kappa shape index (κ3) is 3.00. The Balaban J connectivity index is 1.56. The van der Waals surface area contributed by atoms with Gasteiger partial charge in [-0.1, -0.05) is 5.92 Å². The largest absolute Gasteiger partial charge is 0.481 e. The first-order valence-electron chi connectivity index (χ1n) is 7.96. The summed E-state index contributed by atoms with van der Waals surface area (Å²) < 4.78 is 16.1. The first-order chi connectivity index (χ1) is 12.7. The molecule has 0 saturated carbocycles. The number of H-pyrrole nitrogens is 1. The van der Waals surface area contributed by atoms with Crippen molar-refractivity contribution in [2.45, 2.75) is 6.92 Å². The van der Waals surface area contributed by atoms with Crippen LogP contribution in [0.4, 0.5) is 5.82 Å². The number of nitrogens with one attached hydrogen (secondary N) is 2. The second-order valence-corrected chi connectivity index (χ2v) is 5.52. The number of anilines is 1. The van der Waals surface area contributed by atoms with E-state index in [2.05, 4.69) is 27.4 Å². The minimum absolute atomic E-state index is 0.162. The lowest BCUT2D eigenvalue weighted by Crippen LogP contribution is -2.12. The highest BCUT2D eigenvalue weighted by atomic mass is 16.7. The molecule has 26 heavy (non-hydrogen) atoms. The summed E-state index contributed by atoms with van der Waals surface area (Å²) >= 11 is 0.